The van der Waals surface area contributed by atoms with Crippen molar-refractivity contribution in [2.24, 2.45) is 0 Å². The van der Waals surface area contributed by atoms with E-state index in [1.54, 1.807) is 18.2 Å². The number of carbonyl (C=O) groups is 1. The average molecular weight is 352 g/mol. The lowest BCUT2D eigenvalue weighted by Gasteiger charge is -2.11. The van der Waals surface area contributed by atoms with Crippen LogP contribution in [-0.4, -0.2) is 29.5 Å². The lowest BCUT2D eigenvalue weighted by atomic mass is 10.0. The summed E-state index contributed by atoms with van der Waals surface area (Å²) >= 11 is 3.38. The van der Waals surface area contributed by atoms with E-state index in [0.29, 0.717) is 11.3 Å². The van der Waals surface area contributed by atoms with Gasteiger partial charge in [0.05, 0.1) is 11.0 Å². The molecule has 6 heteroatoms. The van der Waals surface area contributed by atoms with Crippen molar-refractivity contribution < 1.29 is 19.7 Å². The molecule has 0 aliphatic rings. The van der Waals surface area contributed by atoms with E-state index in [2.05, 4.69) is 21.2 Å². The molecule has 2 aromatic rings. The summed E-state index contributed by atoms with van der Waals surface area (Å²) in [5.74, 6) is 0.779. The summed E-state index contributed by atoms with van der Waals surface area (Å²) in [4.78, 5) is 10.4. The van der Waals surface area contributed by atoms with Gasteiger partial charge in [-0.3, -0.25) is 0 Å². The molecule has 0 saturated heterocycles. The van der Waals surface area contributed by atoms with Crippen LogP contribution in [0.15, 0.2) is 46.9 Å². The molecule has 0 heterocycles. The Labute approximate surface area is 130 Å². The number of phenolic OH excluding ortho intramolecular Hbond substituents is 1. The van der Waals surface area contributed by atoms with Crippen LogP contribution in [0.3, 0.4) is 0 Å². The molecule has 0 unspecified atom stereocenters. The first kappa shape index (κ1) is 15.2. The Bertz CT molecular complexity index is 645. The molecule has 1 amide bonds. The lowest BCUT2D eigenvalue weighted by molar-refractivity contribution is 0.191. The zero-order chi connectivity index (χ0) is 15.2. The predicted molar refractivity (Wildman–Crippen MR) is 82.8 cm³/mol. The van der Waals surface area contributed by atoms with Crippen molar-refractivity contribution in [3.05, 3.63) is 46.9 Å². The molecule has 0 radical (unpaired) electrons. The van der Waals surface area contributed by atoms with Crippen molar-refractivity contribution in [3.8, 4) is 22.6 Å². The van der Waals surface area contributed by atoms with Crippen LogP contribution in [0.1, 0.15) is 0 Å². The fourth-order valence-electron chi connectivity index (χ4n) is 1.82. The average Bonchev–Trinajstić information content (AvgIpc) is 2.46. The number of carboxylic acid groups (broad SMARTS) is 1. The van der Waals surface area contributed by atoms with Gasteiger partial charge in [0.2, 0.25) is 0 Å². The number of nitrogens with one attached hydrogen (secondary N) is 1. The topological polar surface area (TPSA) is 78.8 Å². The minimum Gasteiger partial charge on any atom is -0.507 e. The van der Waals surface area contributed by atoms with Crippen LogP contribution in [0.4, 0.5) is 4.79 Å². The van der Waals surface area contributed by atoms with E-state index < -0.39 is 6.09 Å². The molecule has 0 saturated carbocycles. The highest BCUT2D eigenvalue weighted by molar-refractivity contribution is 9.10. The number of hydrogen-bond donors (Lipinski definition) is 3. The number of rotatable bonds is 5. The maximum Gasteiger partial charge on any atom is 0.404 e. The van der Waals surface area contributed by atoms with Crippen LogP contribution in [0.2, 0.25) is 0 Å². The van der Waals surface area contributed by atoms with Crippen molar-refractivity contribution in [3.63, 3.8) is 0 Å². The maximum absolute atomic E-state index is 10.4. The van der Waals surface area contributed by atoms with Gasteiger partial charge < -0.3 is 20.3 Å². The molecular weight excluding hydrogens is 338 g/mol. The molecular formula is C15H14BrNO4. The van der Waals surface area contributed by atoms with Crippen molar-refractivity contribution in [1.82, 2.24) is 5.32 Å². The summed E-state index contributed by atoms with van der Waals surface area (Å²) in [5, 5.41) is 20.6. The van der Waals surface area contributed by atoms with Gasteiger partial charge in [0.15, 0.2) is 0 Å². The number of phenols is 1. The van der Waals surface area contributed by atoms with Crippen LogP contribution in [0.5, 0.6) is 11.5 Å². The van der Waals surface area contributed by atoms with Crippen LogP contribution in [0, 0.1) is 0 Å². The van der Waals surface area contributed by atoms with E-state index in [9.17, 15) is 9.90 Å². The van der Waals surface area contributed by atoms with Gasteiger partial charge in [0, 0.05) is 5.56 Å². The molecule has 0 atom stereocenters. The van der Waals surface area contributed by atoms with E-state index in [4.69, 9.17) is 9.84 Å². The first-order valence-electron chi connectivity index (χ1n) is 6.25. The number of hydrogen-bond acceptors (Lipinski definition) is 3. The first-order valence-corrected chi connectivity index (χ1v) is 7.05. The second-order valence-electron chi connectivity index (χ2n) is 4.24. The molecule has 0 bridgehead atoms. The van der Waals surface area contributed by atoms with Crippen LogP contribution in [0.25, 0.3) is 11.1 Å². The van der Waals surface area contributed by atoms with Gasteiger partial charge in [-0.05, 0) is 39.7 Å². The Morgan fingerprint density at radius 1 is 1.24 bits per heavy atom. The molecule has 0 spiro atoms. The second-order valence-corrected chi connectivity index (χ2v) is 5.10. The third-order valence-corrected chi connectivity index (χ3v) is 3.44. The molecule has 0 aromatic heterocycles. The molecule has 0 aliphatic heterocycles. The quantitative estimate of drug-likeness (QED) is 0.720. The van der Waals surface area contributed by atoms with E-state index in [-0.39, 0.29) is 18.9 Å². The van der Waals surface area contributed by atoms with Crippen LogP contribution in [-0.2, 0) is 0 Å². The van der Waals surface area contributed by atoms with Gasteiger partial charge in [0.1, 0.15) is 18.1 Å². The molecule has 110 valence electrons. The minimum absolute atomic E-state index is 0.193. The smallest absolute Gasteiger partial charge is 0.404 e. The molecule has 2 rings (SSSR count). The molecule has 21 heavy (non-hydrogen) atoms. The molecule has 2 aromatic carbocycles. The number of ether oxygens (including phenoxy) is 1. The minimum atomic E-state index is -1.08. The SMILES string of the molecule is O=C(O)NCCOc1cc(-c2ccccc2O)ccc1Br. The first-order chi connectivity index (χ1) is 10.1. The van der Waals surface area contributed by atoms with Gasteiger partial charge in [-0.1, -0.05) is 24.3 Å². The highest BCUT2D eigenvalue weighted by Crippen LogP contribution is 2.34. The summed E-state index contributed by atoms with van der Waals surface area (Å²) in [5.41, 5.74) is 1.52. The highest BCUT2D eigenvalue weighted by Gasteiger charge is 2.08. The van der Waals surface area contributed by atoms with Crippen molar-refractivity contribution in [1.29, 1.82) is 0 Å². The Hall–Kier alpha value is -2.21. The Morgan fingerprint density at radius 3 is 2.71 bits per heavy atom. The molecule has 3 N–H and O–H groups in total. The van der Waals surface area contributed by atoms with Gasteiger partial charge in [-0.25, -0.2) is 4.79 Å². The fraction of sp³-hybridized carbons (Fsp3) is 0.133. The number of aromatic hydroxyl groups is 1. The number of para-hydroxylation sites is 1. The zero-order valence-corrected chi connectivity index (χ0v) is 12.6. The summed E-state index contributed by atoms with van der Waals surface area (Å²) in [6, 6.07) is 12.5. The molecule has 0 aliphatic carbocycles. The third kappa shape index (κ3) is 4.13. The third-order valence-electron chi connectivity index (χ3n) is 2.78. The number of amides is 1. The largest absolute Gasteiger partial charge is 0.507 e. The summed E-state index contributed by atoms with van der Waals surface area (Å²) in [7, 11) is 0. The summed E-state index contributed by atoms with van der Waals surface area (Å²) in [6.07, 6.45) is -1.08. The van der Waals surface area contributed by atoms with Crippen LogP contribution < -0.4 is 10.1 Å². The standard InChI is InChI=1S/C15H14BrNO4/c16-12-6-5-10(11-3-1-2-4-13(11)18)9-14(12)21-8-7-17-15(19)20/h1-6,9,17-18H,7-8H2,(H,19,20). The van der Waals surface area contributed by atoms with Crippen LogP contribution >= 0.6 is 15.9 Å². The number of benzene rings is 2. The van der Waals surface area contributed by atoms with E-state index in [0.717, 1.165) is 10.0 Å². The number of halogens is 1. The normalized spacial score (nSPS) is 10.1. The molecule has 5 nitrogen and oxygen atoms in total. The zero-order valence-electron chi connectivity index (χ0n) is 11.0. The monoisotopic (exact) mass is 351 g/mol. The summed E-state index contributed by atoms with van der Waals surface area (Å²) in [6.45, 7) is 0.414. The van der Waals surface area contributed by atoms with Crippen molar-refractivity contribution in [2.75, 3.05) is 13.2 Å². The lowest BCUT2D eigenvalue weighted by Crippen LogP contribution is -2.26. The van der Waals surface area contributed by atoms with E-state index >= 15 is 0 Å². The van der Waals surface area contributed by atoms with Gasteiger partial charge in [-0.2, -0.15) is 0 Å². The highest BCUT2D eigenvalue weighted by atomic mass is 79.9. The van der Waals surface area contributed by atoms with E-state index in [1.165, 1.54) is 0 Å². The Balaban J connectivity index is 2.14. The summed E-state index contributed by atoms with van der Waals surface area (Å²) < 4.78 is 6.30. The predicted octanol–water partition coefficient (Wildman–Crippen LogP) is 3.47. The Kier molecular flexibility index (Phi) is 5.05. The van der Waals surface area contributed by atoms with Crippen molar-refractivity contribution in [2.45, 2.75) is 0 Å². The fourth-order valence-corrected chi connectivity index (χ4v) is 2.18. The second kappa shape index (κ2) is 6.99. The van der Waals surface area contributed by atoms with Gasteiger partial charge >= 0.3 is 6.09 Å². The van der Waals surface area contributed by atoms with Gasteiger partial charge in [0.25, 0.3) is 0 Å². The maximum atomic E-state index is 10.4. The molecule has 0 fully saturated rings. The van der Waals surface area contributed by atoms with Crippen molar-refractivity contribution >= 4 is 22.0 Å². The van der Waals surface area contributed by atoms with E-state index in [1.807, 2.05) is 24.3 Å². The van der Waals surface area contributed by atoms with Gasteiger partial charge in [-0.15, -0.1) is 0 Å². The Morgan fingerprint density at radius 2 is 2.00 bits per heavy atom.